The fourth-order valence-electron chi connectivity index (χ4n) is 2.92. The monoisotopic (exact) mass is 296 g/mol. The highest BCUT2D eigenvalue weighted by Gasteiger charge is 2.35. The number of carboxylic acid groups (broad SMARTS) is 1. The average molecular weight is 296 g/mol. The summed E-state index contributed by atoms with van der Waals surface area (Å²) in [5.41, 5.74) is 0. The van der Waals surface area contributed by atoms with E-state index < -0.39 is 5.97 Å². The van der Waals surface area contributed by atoms with E-state index in [2.05, 4.69) is 33.5 Å². The molecule has 2 atom stereocenters. The van der Waals surface area contributed by atoms with Crippen molar-refractivity contribution in [3.8, 4) is 0 Å². The number of aliphatic carboxylic acids is 1. The van der Waals surface area contributed by atoms with Crippen molar-refractivity contribution < 1.29 is 9.90 Å². The van der Waals surface area contributed by atoms with Crippen LogP contribution in [0.25, 0.3) is 0 Å². The van der Waals surface area contributed by atoms with Crippen molar-refractivity contribution >= 4 is 23.7 Å². The van der Waals surface area contributed by atoms with E-state index in [1.807, 2.05) is 0 Å². The Balaban J connectivity index is 1.85. The molecule has 0 radical (unpaired) electrons. The normalized spacial score (nSPS) is 26.2. The second kappa shape index (κ2) is 5.27. The lowest BCUT2D eigenvalue weighted by atomic mass is 10.1. The predicted molar refractivity (Wildman–Crippen MR) is 77.2 cm³/mol. The van der Waals surface area contributed by atoms with Crippen LogP contribution in [0.5, 0.6) is 0 Å². The van der Waals surface area contributed by atoms with E-state index in [-0.39, 0.29) is 5.75 Å². The summed E-state index contributed by atoms with van der Waals surface area (Å²) in [6.07, 6.45) is 3.46. The second-order valence-corrected chi connectivity index (χ2v) is 6.85. The summed E-state index contributed by atoms with van der Waals surface area (Å²) in [5.74, 6) is 0.823. The first-order valence-corrected chi connectivity index (χ1v) is 8.11. The van der Waals surface area contributed by atoms with Crippen LogP contribution < -0.4 is 4.90 Å². The third kappa shape index (κ3) is 2.63. The first-order valence-electron chi connectivity index (χ1n) is 7.12. The molecule has 1 saturated carbocycles. The number of hydrogen-bond donors (Lipinski definition) is 1. The van der Waals surface area contributed by atoms with E-state index in [0.717, 1.165) is 30.5 Å². The number of thioether (sulfide) groups is 1. The molecule has 20 heavy (non-hydrogen) atoms. The minimum absolute atomic E-state index is 0.0385. The van der Waals surface area contributed by atoms with Crippen LogP contribution in [0.1, 0.15) is 39.2 Å². The summed E-state index contributed by atoms with van der Waals surface area (Å²) in [6.45, 7) is 5.49. The second-order valence-electron chi connectivity index (χ2n) is 5.91. The van der Waals surface area contributed by atoms with Gasteiger partial charge in [-0.15, -0.1) is 10.2 Å². The van der Waals surface area contributed by atoms with Gasteiger partial charge in [-0.3, -0.25) is 9.36 Å². The van der Waals surface area contributed by atoms with Gasteiger partial charge in [-0.05, 0) is 32.1 Å². The Labute approximate surface area is 122 Å². The molecule has 2 fully saturated rings. The van der Waals surface area contributed by atoms with Crippen LogP contribution in [-0.2, 0) is 4.79 Å². The van der Waals surface area contributed by atoms with Crippen LogP contribution in [0.15, 0.2) is 5.16 Å². The van der Waals surface area contributed by atoms with Gasteiger partial charge in [0.2, 0.25) is 5.95 Å². The molecule has 2 heterocycles. The van der Waals surface area contributed by atoms with Gasteiger partial charge >= 0.3 is 5.97 Å². The molecular formula is C13H20N4O2S. The molecule has 0 spiro atoms. The van der Waals surface area contributed by atoms with Crippen molar-refractivity contribution in [3.05, 3.63) is 0 Å². The zero-order chi connectivity index (χ0) is 14.3. The fraction of sp³-hybridized carbons (Fsp3) is 0.769. The van der Waals surface area contributed by atoms with Crippen molar-refractivity contribution in [2.24, 2.45) is 5.92 Å². The molecule has 3 rings (SSSR count). The molecule has 1 N–H and O–H groups in total. The maximum absolute atomic E-state index is 10.7. The smallest absolute Gasteiger partial charge is 0.313 e. The van der Waals surface area contributed by atoms with E-state index in [0.29, 0.717) is 18.0 Å². The Hall–Kier alpha value is -1.24. The molecule has 110 valence electrons. The van der Waals surface area contributed by atoms with E-state index in [4.69, 9.17) is 5.11 Å². The number of carbonyl (C=O) groups is 1. The van der Waals surface area contributed by atoms with Gasteiger partial charge in [0, 0.05) is 18.6 Å². The number of hydrogen-bond acceptors (Lipinski definition) is 5. The summed E-state index contributed by atoms with van der Waals surface area (Å²) in [4.78, 5) is 13.1. The number of rotatable bonds is 5. The molecule has 6 nitrogen and oxygen atoms in total. The van der Waals surface area contributed by atoms with Crippen molar-refractivity contribution in [1.82, 2.24) is 14.8 Å². The largest absolute Gasteiger partial charge is 0.481 e. The summed E-state index contributed by atoms with van der Waals surface area (Å²) in [7, 11) is 0. The Kier molecular flexibility index (Phi) is 3.62. The molecule has 1 aromatic rings. The molecule has 0 aromatic carbocycles. The highest BCUT2D eigenvalue weighted by atomic mass is 32.2. The Morgan fingerprint density at radius 3 is 2.70 bits per heavy atom. The van der Waals surface area contributed by atoms with Gasteiger partial charge in [-0.2, -0.15) is 0 Å². The third-order valence-electron chi connectivity index (χ3n) is 3.92. The van der Waals surface area contributed by atoms with Crippen LogP contribution in [0, 0.1) is 5.92 Å². The minimum Gasteiger partial charge on any atom is -0.481 e. The fourth-order valence-corrected chi connectivity index (χ4v) is 3.64. The van der Waals surface area contributed by atoms with Gasteiger partial charge in [0.25, 0.3) is 0 Å². The van der Waals surface area contributed by atoms with Crippen molar-refractivity contribution in [2.45, 2.75) is 50.4 Å². The van der Waals surface area contributed by atoms with Crippen LogP contribution in [0.4, 0.5) is 5.95 Å². The maximum atomic E-state index is 10.7. The van der Waals surface area contributed by atoms with Gasteiger partial charge in [0.15, 0.2) is 5.16 Å². The van der Waals surface area contributed by atoms with Gasteiger partial charge in [-0.25, -0.2) is 0 Å². The molecule has 7 heteroatoms. The van der Waals surface area contributed by atoms with E-state index >= 15 is 0 Å². The van der Waals surface area contributed by atoms with Crippen LogP contribution in [-0.4, -0.2) is 44.2 Å². The molecule has 1 aliphatic heterocycles. The molecule has 0 amide bonds. The first kappa shape index (κ1) is 13.7. The highest BCUT2D eigenvalue weighted by Crippen LogP contribution is 2.42. The summed E-state index contributed by atoms with van der Waals surface area (Å²) in [5, 5.41) is 18.1. The van der Waals surface area contributed by atoms with Crippen LogP contribution in [0.2, 0.25) is 0 Å². The summed E-state index contributed by atoms with van der Waals surface area (Å²) >= 11 is 1.27. The van der Waals surface area contributed by atoms with Gasteiger partial charge < -0.3 is 10.0 Å². The van der Waals surface area contributed by atoms with Crippen LogP contribution >= 0.6 is 11.8 Å². The zero-order valence-electron chi connectivity index (χ0n) is 11.8. The Morgan fingerprint density at radius 1 is 1.40 bits per heavy atom. The lowest BCUT2D eigenvalue weighted by molar-refractivity contribution is -0.133. The standard InChI is InChI=1S/C13H20N4O2S/c1-8-5-9(2)16(6-8)12-14-15-13(20-7-11(18)19)17(12)10-3-4-10/h8-10H,3-7H2,1-2H3,(H,18,19). The predicted octanol–water partition coefficient (Wildman–Crippen LogP) is 2.02. The molecule has 1 saturated heterocycles. The summed E-state index contributed by atoms with van der Waals surface area (Å²) in [6, 6.07) is 0.934. The molecule has 0 bridgehead atoms. The lowest BCUT2D eigenvalue weighted by Gasteiger charge is -2.23. The Morgan fingerprint density at radius 2 is 2.15 bits per heavy atom. The van der Waals surface area contributed by atoms with Crippen molar-refractivity contribution in [3.63, 3.8) is 0 Å². The molecule has 1 aliphatic carbocycles. The van der Waals surface area contributed by atoms with E-state index in [9.17, 15) is 4.79 Å². The molecule has 2 aliphatic rings. The summed E-state index contributed by atoms with van der Waals surface area (Å²) < 4.78 is 2.15. The maximum Gasteiger partial charge on any atom is 0.313 e. The first-order chi connectivity index (χ1) is 9.56. The van der Waals surface area contributed by atoms with Gasteiger partial charge in [-0.1, -0.05) is 18.7 Å². The topological polar surface area (TPSA) is 71.2 Å². The quantitative estimate of drug-likeness (QED) is 0.838. The number of carboxylic acids is 1. The molecule has 2 unspecified atom stereocenters. The SMILES string of the molecule is CC1CC(C)N(c2nnc(SCC(=O)O)n2C2CC2)C1. The van der Waals surface area contributed by atoms with Gasteiger partial charge in [0.05, 0.1) is 5.75 Å². The highest BCUT2D eigenvalue weighted by molar-refractivity contribution is 7.99. The van der Waals surface area contributed by atoms with Crippen LogP contribution in [0.3, 0.4) is 0 Å². The Bertz CT molecular complexity index is 514. The number of nitrogens with zero attached hydrogens (tertiary/aromatic N) is 4. The van der Waals surface area contributed by atoms with E-state index in [1.54, 1.807) is 0 Å². The van der Waals surface area contributed by atoms with E-state index in [1.165, 1.54) is 18.2 Å². The number of anilines is 1. The van der Waals surface area contributed by atoms with Crippen molar-refractivity contribution in [2.75, 3.05) is 17.2 Å². The minimum atomic E-state index is -0.815. The zero-order valence-corrected chi connectivity index (χ0v) is 12.6. The average Bonchev–Trinajstić information content (AvgIpc) is 3.04. The van der Waals surface area contributed by atoms with Gasteiger partial charge in [0.1, 0.15) is 0 Å². The lowest BCUT2D eigenvalue weighted by Crippen LogP contribution is -2.29. The third-order valence-corrected chi connectivity index (χ3v) is 4.85. The van der Waals surface area contributed by atoms with Crippen molar-refractivity contribution in [1.29, 1.82) is 0 Å². The molecule has 1 aromatic heterocycles. The number of aromatic nitrogens is 3. The molecular weight excluding hydrogens is 276 g/mol.